The first kappa shape index (κ1) is 19.3. The van der Waals surface area contributed by atoms with Gasteiger partial charge in [0.25, 0.3) is 0 Å². The third kappa shape index (κ3) is 6.75. The number of benzene rings is 2. The van der Waals surface area contributed by atoms with Crippen LogP contribution in [0.1, 0.15) is 35.2 Å². The second-order valence-electron chi connectivity index (χ2n) is 5.60. The van der Waals surface area contributed by atoms with Gasteiger partial charge in [-0.05, 0) is 55.2 Å². The van der Waals surface area contributed by atoms with Gasteiger partial charge in [-0.1, -0.05) is 46.3 Å². The zero-order valence-electron chi connectivity index (χ0n) is 14.4. The minimum absolute atomic E-state index is 0.0412. The Kier molecular flexibility index (Phi) is 8.26. The summed E-state index contributed by atoms with van der Waals surface area (Å²) in [6.45, 7) is 0.673. The second kappa shape index (κ2) is 10.7. The number of carbonyl (C=O) groups excluding carboxylic acids is 1. The first-order valence-corrected chi connectivity index (χ1v) is 9.50. The summed E-state index contributed by atoms with van der Waals surface area (Å²) < 4.78 is 10.8. The van der Waals surface area contributed by atoms with Gasteiger partial charge in [0.1, 0.15) is 11.5 Å². The first-order valence-electron chi connectivity index (χ1n) is 8.38. The molecule has 0 atom stereocenters. The van der Waals surface area contributed by atoms with E-state index in [4.69, 9.17) is 9.47 Å². The molecule has 2 aromatic rings. The average Bonchev–Trinajstić information content (AvgIpc) is 2.66. The Bertz CT molecular complexity index is 693. The summed E-state index contributed by atoms with van der Waals surface area (Å²) in [4.78, 5) is 12.3. The molecule has 0 aromatic heterocycles. The normalized spacial score (nSPS) is 10.8. The van der Waals surface area contributed by atoms with Crippen LogP contribution in [0.3, 0.4) is 0 Å². The van der Waals surface area contributed by atoms with Gasteiger partial charge in [0.2, 0.25) is 0 Å². The molecule has 0 N–H and O–H groups in total. The van der Waals surface area contributed by atoms with Gasteiger partial charge < -0.3 is 9.47 Å². The van der Waals surface area contributed by atoms with E-state index in [1.54, 1.807) is 31.4 Å². The summed E-state index contributed by atoms with van der Waals surface area (Å²) in [6, 6.07) is 14.9. The fourth-order valence-corrected chi connectivity index (χ4v) is 2.68. The minimum atomic E-state index is -0.0412. The number of unbranched alkanes of at least 4 members (excludes halogenated alkanes) is 2. The van der Waals surface area contributed by atoms with E-state index in [0.29, 0.717) is 12.2 Å². The molecule has 0 saturated carbocycles. The average molecular weight is 403 g/mol. The summed E-state index contributed by atoms with van der Waals surface area (Å²) >= 11 is 3.42. The standard InChI is InChI=1S/C21H23BrO3/c1-24-19-11-8-17(9-12-19)10-13-21(23)18-6-5-7-20(16-18)25-15-4-2-3-14-22/h5-13,16H,2-4,14-15H2,1H3/b13-10+. The second-order valence-corrected chi connectivity index (χ2v) is 6.39. The molecule has 132 valence electrons. The van der Waals surface area contributed by atoms with Crippen molar-refractivity contribution in [1.82, 2.24) is 0 Å². The van der Waals surface area contributed by atoms with Crippen molar-refractivity contribution in [3.8, 4) is 11.5 Å². The van der Waals surface area contributed by atoms with Gasteiger partial charge >= 0.3 is 0 Å². The Morgan fingerprint density at radius 2 is 1.84 bits per heavy atom. The van der Waals surface area contributed by atoms with Crippen molar-refractivity contribution in [3.63, 3.8) is 0 Å². The van der Waals surface area contributed by atoms with Crippen molar-refractivity contribution in [2.24, 2.45) is 0 Å². The number of rotatable bonds is 10. The van der Waals surface area contributed by atoms with Crippen molar-refractivity contribution in [2.75, 3.05) is 19.0 Å². The number of hydrogen-bond acceptors (Lipinski definition) is 3. The highest BCUT2D eigenvalue weighted by molar-refractivity contribution is 9.09. The first-order chi connectivity index (χ1) is 12.2. The van der Waals surface area contributed by atoms with Gasteiger partial charge in [-0.25, -0.2) is 0 Å². The topological polar surface area (TPSA) is 35.5 Å². The van der Waals surface area contributed by atoms with Crippen LogP contribution in [0.4, 0.5) is 0 Å². The van der Waals surface area contributed by atoms with Crippen molar-refractivity contribution in [2.45, 2.75) is 19.3 Å². The molecular weight excluding hydrogens is 380 g/mol. The maximum absolute atomic E-state index is 12.3. The molecule has 4 heteroatoms. The number of hydrogen-bond donors (Lipinski definition) is 0. The molecule has 2 rings (SSSR count). The summed E-state index contributed by atoms with van der Waals surface area (Å²) in [6.07, 6.45) is 6.68. The largest absolute Gasteiger partial charge is 0.497 e. The molecule has 0 heterocycles. The van der Waals surface area contributed by atoms with Crippen LogP contribution in [0.25, 0.3) is 6.08 Å². The monoisotopic (exact) mass is 402 g/mol. The van der Waals surface area contributed by atoms with Gasteiger partial charge in [0, 0.05) is 10.9 Å². The predicted octanol–water partition coefficient (Wildman–Crippen LogP) is 5.54. The third-order valence-corrected chi connectivity index (χ3v) is 4.27. The maximum Gasteiger partial charge on any atom is 0.185 e. The third-order valence-electron chi connectivity index (χ3n) is 3.71. The fourth-order valence-electron chi connectivity index (χ4n) is 2.29. The molecule has 3 nitrogen and oxygen atoms in total. The lowest BCUT2D eigenvalue weighted by Gasteiger charge is -2.06. The Morgan fingerprint density at radius 3 is 2.56 bits per heavy atom. The Hall–Kier alpha value is -2.07. The van der Waals surface area contributed by atoms with Crippen LogP contribution in [0.5, 0.6) is 11.5 Å². The van der Waals surface area contributed by atoms with E-state index in [0.717, 1.165) is 41.7 Å². The zero-order chi connectivity index (χ0) is 17.9. The molecule has 0 spiro atoms. The molecule has 0 aliphatic heterocycles. The highest BCUT2D eigenvalue weighted by atomic mass is 79.9. The molecule has 0 radical (unpaired) electrons. The molecule has 25 heavy (non-hydrogen) atoms. The summed E-state index contributed by atoms with van der Waals surface area (Å²) in [7, 11) is 1.63. The van der Waals surface area contributed by atoms with E-state index in [1.165, 1.54) is 0 Å². The Balaban J connectivity index is 1.92. The lowest BCUT2D eigenvalue weighted by molar-refractivity contribution is 0.104. The molecule has 0 aliphatic carbocycles. The Morgan fingerprint density at radius 1 is 1.04 bits per heavy atom. The van der Waals surface area contributed by atoms with E-state index in [-0.39, 0.29) is 5.78 Å². The smallest absolute Gasteiger partial charge is 0.185 e. The molecule has 2 aromatic carbocycles. The van der Waals surface area contributed by atoms with Crippen LogP contribution in [-0.2, 0) is 0 Å². The molecule has 0 bridgehead atoms. The van der Waals surface area contributed by atoms with E-state index < -0.39 is 0 Å². The van der Waals surface area contributed by atoms with Crippen LogP contribution in [0, 0.1) is 0 Å². The van der Waals surface area contributed by atoms with Crippen molar-refractivity contribution in [1.29, 1.82) is 0 Å². The number of carbonyl (C=O) groups is 1. The zero-order valence-corrected chi connectivity index (χ0v) is 16.0. The fraction of sp³-hybridized carbons (Fsp3) is 0.286. The van der Waals surface area contributed by atoms with Gasteiger partial charge in [-0.15, -0.1) is 0 Å². The minimum Gasteiger partial charge on any atom is -0.497 e. The molecule has 0 fully saturated rings. The molecule has 0 unspecified atom stereocenters. The van der Waals surface area contributed by atoms with Gasteiger partial charge in [0.15, 0.2) is 5.78 Å². The van der Waals surface area contributed by atoms with Crippen molar-refractivity contribution >= 4 is 27.8 Å². The maximum atomic E-state index is 12.3. The molecule has 0 saturated heterocycles. The summed E-state index contributed by atoms with van der Waals surface area (Å²) in [5, 5.41) is 1.03. The van der Waals surface area contributed by atoms with Crippen LogP contribution in [0.15, 0.2) is 54.6 Å². The number of methoxy groups -OCH3 is 1. The van der Waals surface area contributed by atoms with Gasteiger partial charge in [0.05, 0.1) is 13.7 Å². The van der Waals surface area contributed by atoms with E-state index in [2.05, 4.69) is 15.9 Å². The van der Waals surface area contributed by atoms with Crippen molar-refractivity contribution < 1.29 is 14.3 Å². The predicted molar refractivity (Wildman–Crippen MR) is 106 cm³/mol. The van der Waals surface area contributed by atoms with E-state index in [1.807, 2.05) is 36.4 Å². The SMILES string of the molecule is COc1ccc(/C=C/C(=O)c2cccc(OCCCCCBr)c2)cc1. The number of allylic oxidation sites excluding steroid dienone is 1. The number of halogens is 1. The van der Waals surface area contributed by atoms with Crippen LogP contribution >= 0.6 is 15.9 Å². The summed E-state index contributed by atoms with van der Waals surface area (Å²) in [5.74, 6) is 1.49. The Labute approximate surface area is 157 Å². The van der Waals surface area contributed by atoms with Crippen molar-refractivity contribution in [3.05, 3.63) is 65.7 Å². The highest BCUT2D eigenvalue weighted by Gasteiger charge is 2.04. The number of alkyl halides is 1. The van der Waals surface area contributed by atoms with E-state index >= 15 is 0 Å². The van der Waals surface area contributed by atoms with E-state index in [9.17, 15) is 4.79 Å². The highest BCUT2D eigenvalue weighted by Crippen LogP contribution is 2.16. The number of ether oxygens (including phenoxy) is 2. The molecule has 0 amide bonds. The molecular formula is C21H23BrO3. The molecule has 0 aliphatic rings. The van der Waals surface area contributed by atoms with Crippen LogP contribution in [-0.4, -0.2) is 24.8 Å². The van der Waals surface area contributed by atoms with Crippen LogP contribution in [0.2, 0.25) is 0 Å². The lowest BCUT2D eigenvalue weighted by atomic mass is 10.1. The summed E-state index contributed by atoms with van der Waals surface area (Å²) in [5.41, 5.74) is 1.58. The van der Waals surface area contributed by atoms with Gasteiger partial charge in [-0.3, -0.25) is 4.79 Å². The van der Waals surface area contributed by atoms with Gasteiger partial charge in [-0.2, -0.15) is 0 Å². The lowest BCUT2D eigenvalue weighted by Crippen LogP contribution is -2.00. The van der Waals surface area contributed by atoms with Crippen LogP contribution < -0.4 is 9.47 Å². The quantitative estimate of drug-likeness (QED) is 0.226. The number of ketones is 1.